The molecule has 0 saturated heterocycles. The second-order valence-corrected chi connectivity index (χ2v) is 6.52. The third kappa shape index (κ3) is 3.64. The summed E-state index contributed by atoms with van der Waals surface area (Å²) in [5.41, 5.74) is 0.339. The van der Waals surface area contributed by atoms with Crippen molar-refractivity contribution < 1.29 is 14.3 Å². The van der Waals surface area contributed by atoms with Gasteiger partial charge in [0.15, 0.2) is 0 Å². The first-order chi connectivity index (χ1) is 10.3. The standard InChI is InChI=1S/C14H16N4O3S/c1-14(2,3)12-17-18-13(22-12)16-10(19)9-6-5-8(7-15-9)11(20)21-4/h5-7H,1-4H3,(H,16,18,19). The van der Waals surface area contributed by atoms with E-state index in [0.717, 1.165) is 5.01 Å². The molecule has 2 rings (SSSR count). The molecule has 0 aliphatic heterocycles. The fourth-order valence-electron chi connectivity index (χ4n) is 1.50. The molecule has 2 aromatic heterocycles. The zero-order valence-corrected chi connectivity index (χ0v) is 13.5. The molecule has 7 nitrogen and oxygen atoms in total. The summed E-state index contributed by atoms with van der Waals surface area (Å²) < 4.78 is 4.57. The van der Waals surface area contributed by atoms with E-state index in [1.54, 1.807) is 0 Å². The van der Waals surface area contributed by atoms with E-state index in [0.29, 0.717) is 5.13 Å². The van der Waals surface area contributed by atoms with Crippen molar-refractivity contribution in [1.82, 2.24) is 15.2 Å². The van der Waals surface area contributed by atoms with Crippen LogP contribution in [0.15, 0.2) is 18.3 Å². The molecule has 0 unspecified atom stereocenters. The summed E-state index contributed by atoms with van der Waals surface area (Å²) in [5.74, 6) is -0.911. The molecule has 0 aromatic carbocycles. The van der Waals surface area contributed by atoms with E-state index in [2.05, 4.69) is 25.2 Å². The molecule has 1 N–H and O–H groups in total. The quantitative estimate of drug-likeness (QED) is 0.872. The lowest BCUT2D eigenvalue weighted by molar-refractivity contribution is 0.0600. The van der Waals surface area contributed by atoms with Crippen molar-refractivity contribution in [3.8, 4) is 0 Å². The Morgan fingerprint density at radius 1 is 1.23 bits per heavy atom. The Morgan fingerprint density at radius 2 is 1.95 bits per heavy atom. The third-order valence-electron chi connectivity index (χ3n) is 2.70. The summed E-state index contributed by atoms with van der Waals surface area (Å²) in [6.07, 6.45) is 1.29. The van der Waals surface area contributed by atoms with E-state index >= 15 is 0 Å². The van der Waals surface area contributed by atoms with Crippen LogP contribution in [0.3, 0.4) is 0 Å². The highest BCUT2D eigenvalue weighted by molar-refractivity contribution is 7.15. The first kappa shape index (κ1) is 16.0. The first-order valence-electron chi connectivity index (χ1n) is 6.51. The van der Waals surface area contributed by atoms with Crippen LogP contribution >= 0.6 is 11.3 Å². The minimum Gasteiger partial charge on any atom is -0.465 e. The van der Waals surface area contributed by atoms with Gasteiger partial charge in [0.1, 0.15) is 10.7 Å². The lowest BCUT2D eigenvalue weighted by Gasteiger charge is -2.12. The second-order valence-electron chi connectivity index (χ2n) is 5.54. The number of hydrogen-bond donors (Lipinski definition) is 1. The van der Waals surface area contributed by atoms with Crippen molar-refractivity contribution in [3.05, 3.63) is 34.6 Å². The van der Waals surface area contributed by atoms with Gasteiger partial charge in [-0.15, -0.1) is 10.2 Å². The number of anilines is 1. The van der Waals surface area contributed by atoms with Crippen molar-refractivity contribution in [2.75, 3.05) is 12.4 Å². The SMILES string of the molecule is COC(=O)c1ccc(C(=O)Nc2nnc(C(C)(C)C)s2)nc1. The average molecular weight is 320 g/mol. The maximum absolute atomic E-state index is 12.1. The highest BCUT2D eigenvalue weighted by Gasteiger charge is 2.20. The number of ether oxygens (including phenoxy) is 1. The Morgan fingerprint density at radius 3 is 2.45 bits per heavy atom. The van der Waals surface area contributed by atoms with E-state index in [-0.39, 0.29) is 16.7 Å². The molecule has 0 atom stereocenters. The largest absolute Gasteiger partial charge is 0.465 e. The van der Waals surface area contributed by atoms with Crippen LogP contribution in [0.5, 0.6) is 0 Å². The smallest absolute Gasteiger partial charge is 0.339 e. The van der Waals surface area contributed by atoms with Gasteiger partial charge in [0.25, 0.3) is 5.91 Å². The summed E-state index contributed by atoms with van der Waals surface area (Å²) >= 11 is 1.32. The number of hydrogen-bond acceptors (Lipinski definition) is 7. The fraction of sp³-hybridized carbons (Fsp3) is 0.357. The van der Waals surface area contributed by atoms with Gasteiger partial charge in [-0.25, -0.2) is 4.79 Å². The van der Waals surface area contributed by atoms with Crippen molar-refractivity contribution in [2.24, 2.45) is 0 Å². The van der Waals surface area contributed by atoms with Gasteiger partial charge in [0.2, 0.25) is 5.13 Å². The zero-order valence-electron chi connectivity index (χ0n) is 12.7. The second kappa shape index (κ2) is 6.18. The normalized spacial score (nSPS) is 11.1. The number of nitrogens with one attached hydrogen (secondary N) is 1. The van der Waals surface area contributed by atoms with E-state index in [9.17, 15) is 9.59 Å². The van der Waals surface area contributed by atoms with Gasteiger partial charge in [-0.2, -0.15) is 0 Å². The van der Waals surface area contributed by atoms with Crippen LogP contribution in [-0.2, 0) is 10.2 Å². The van der Waals surface area contributed by atoms with Gasteiger partial charge < -0.3 is 4.74 Å². The van der Waals surface area contributed by atoms with Crippen LogP contribution in [0.1, 0.15) is 46.6 Å². The molecule has 0 aliphatic carbocycles. The number of pyridine rings is 1. The number of methoxy groups -OCH3 is 1. The summed E-state index contributed by atoms with van der Waals surface area (Å²) in [4.78, 5) is 27.3. The molecule has 116 valence electrons. The number of esters is 1. The van der Waals surface area contributed by atoms with Crippen molar-refractivity contribution in [3.63, 3.8) is 0 Å². The molecule has 1 amide bonds. The van der Waals surface area contributed by atoms with Gasteiger partial charge in [-0.05, 0) is 12.1 Å². The van der Waals surface area contributed by atoms with Crippen LogP contribution in [-0.4, -0.2) is 34.2 Å². The van der Waals surface area contributed by atoms with Gasteiger partial charge in [0, 0.05) is 11.6 Å². The van der Waals surface area contributed by atoms with Gasteiger partial charge in [-0.1, -0.05) is 32.1 Å². The fourth-order valence-corrected chi connectivity index (χ4v) is 2.30. The van der Waals surface area contributed by atoms with E-state index < -0.39 is 11.9 Å². The summed E-state index contributed by atoms with van der Waals surface area (Å²) in [5, 5.41) is 11.9. The van der Waals surface area contributed by atoms with Crippen molar-refractivity contribution >= 4 is 28.3 Å². The number of amides is 1. The predicted octanol–water partition coefficient (Wildman–Crippen LogP) is 2.27. The Labute approximate surface area is 131 Å². The molecule has 0 radical (unpaired) electrons. The molecule has 0 saturated carbocycles. The number of nitrogens with zero attached hydrogens (tertiary/aromatic N) is 3. The predicted molar refractivity (Wildman–Crippen MR) is 82.1 cm³/mol. The Kier molecular flexibility index (Phi) is 4.51. The minimum absolute atomic E-state index is 0.124. The summed E-state index contributed by atoms with van der Waals surface area (Å²) in [6, 6.07) is 2.93. The van der Waals surface area contributed by atoms with Crippen molar-refractivity contribution in [2.45, 2.75) is 26.2 Å². The lowest BCUT2D eigenvalue weighted by Crippen LogP contribution is -2.14. The average Bonchev–Trinajstić information content (AvgIpc) is 2.95. The Hall–Kier alpha value is -2.35. The molecule has 0 aliphatic rings. The zero-order chi connectivity index (χ0) is 16.3. The molecule has 0 bridgehead atoms. The molecular weight excluding hydrogens is 304 g/mol. The first-order valence-corrected chi connectivity index (χ1v) is 7.32. The molecular formula is C14H16N4O3S. The van der Waals surface area contributed by atoms with Crippen LogP contribution in [0, 0.1) is 0 Å². The molecule has 2 heterocycles. The molecule has 8 heteroatoms. The minimum atomic E-state index is -0.501. The Balaban J connectivity index is 2.09. The maximum Gasteiger partial charge on any atom is 0.339 e. The monoisotopic (exact) mass is 320 g/mol. The number of carbonyl (C=O) groups excluding carboxylic acids is 2. The van der Waals surface area contributed by atoms with Gasteiger partial charge in [-0.3, -0.25) is 15.1 Å². The van der Waals surface area contributed by atoms with Gasteiger partial charge in [0.05, 0.1) is 12.7 Å². The van der Waals surface area contributed by atoms with Gasteiger partial charge >= 0.3 is 5.97 Å². The third-order valence-corrected chi connectivity index (χ3v) is 3.97. The molecule has 0 fully saturated rings. The number of carbonyl (C=O) groups is 2. The van der Waals surface area contributed by atoms with Crippen LogP contribution in [0.25, 0.3) is 0 Å². The lowest BCUT2D eigenvalue weighted by atomic mass is 9.98. The Bertz CT molecular complexity index is 689. The topological polar surface area (TPSA) is 94.1 Å². The van der Waals surface area contributed by atoms with Crippen LogP contribution < -0.4 is 5.32 Å². The summed E-state index contributed by atoms with van der Waals surface area (Å²) in [7, 11) is 1.28. The van der Waals surface area contributed by atoms with Crippen LogP contribution in [0.4, 0.5) is 5.13 Å². The molecule has 22 heavy (non-hydrogen) atoms. The van der Waals surface area contributed by atoms with Crippen molar-refractivity contribution in [1.29, 1.82) is 0 Å². The molecule has 2 aromatic rings. The van der Waals surface area contributed by atoms with E-state index in [1.165, 1.54) is 36.8 Å². The number of aromatic nitrogens is 3. The number of rotatable bonds is 3. The molecule has 0 spiro atoms. The highest BCUT2D eigenvalue weighted by Crippen LogP contribution is 2.27. The van der Waals surface area contributed by atoms with Crippen LogP contribution in [0.2, 0.25) is 0 Å². The highest BCUT2D eigenvalue weighted by atomic mass is 32.1. The summed E-state index contributed by atoms with van der Waals surface area (Å²) in [6.45, 7) is 6.06. The maximum atomic E-state index is 12.1. The van der Waals surface area contributed by atoms with E-state index in [4.69, 9.17) is 0 Å². The van der Waals surface area contributed by atoms with E-state index in [1.807, 2.05) is 20.8 Å².